The van der Waals surface area contributed by atoms with Crippen LogP contribution in [0.5, 0.6) is 0 Å². The summed E-state index contributed by atoms with van der Waals surface area (Å²) in [6.07, 6.45) is 1.94. The van der Waals surface area contributed by atoms with Gasteiger partial charge in [-0.2, -0.15) is 5.26 Å². The number of hydrogen-bond donors (Lipinski definition) is 0. The fourth-order valence-corrected chi connectivity index (χ4v) is 7.92. The van der Waals surface area contributed by atoms with Crippen LogP contribution in [0.15, 0.2) is 162 Å². The van der Waals surface area contributed by atoms with Gasteiger partial charge in [0.2, 0.25) is 0 Å². The van der Waals surface area contributed by atoms with Crippen LogP contribution in [0.2, 0.25) is 0 Å². The van der Waals surface area contributed by atoms with Gasteiger partial charge in [0, 0.05) is 39.3 Å². The molecule has 0 unspecified atom stereocenters. The number of benzene rings is 6. The Morgan fingerprint density at radius 1 is 0.519 bits per heavy atom. The van der Waals surface area contributed by atoms with Crippen molar-refractivity contribution in [3.05, 3.63) is 175 Å². The van der Waals surface area contributed by atoms with E-state index in [-0.39, 0.29) is 5.41 Å². The van der Waals surface area contributed by atoms with Gasteiger partial charge in [0.05, 0.1) is 23.0 Å². The monoisotopic (exact) mass is 692 g/mol. The first kappa shape index (κ1) is 31.6. The van der Waals surface area contributed by atoms with E-state index in [9.17, 15) is 5.26 Å². The van der Waals surface area contributed by atoms with Crippen LogP contribution in [0.4, 0.5) is 0 Å². The van der Waals surface area contributed by atoms with Crippen LogP contribution in [0.1, 0.15) is 30.5 Å². The van der Waals surface area contributed by atoms with Gasteiger partial charge in [-0.25, -0.2) is 9.97 Å². The third-order valence-electron chi connectivity index (χ3n) is 10.7. The van der Waals surface area contributed by atoms with Crippen LogP contribution in [0, 0.1) is 11.3 Å². The second-order valence-corrected chi connectivity index (χ2v) is 14.4. The van der Waals surface area contributed by atoms with Gasteiger partial charge in [0.1, 0.15) is 11.1 Å². The van der Waals surface area contributed by atoms with Crippen molar-refractivity contribution in [1.82, 2.24) is 15.0 Å². The van der Waals surface area contributed by atoms with Crippen molar-refractivity contribution in [2.45, 2.75) is 19.3 Å². The number of para-hydroxylation sites is 1. The molecule has 0 N–H and O–H groups in total. The second kappa shape index (κ2) is 12.2. The lowest BCUT2D eigenvalue weighted by Crippen LogP contribution is -2.15. The fourth-order valence-electron chi connectivity index (χ4n) is 7.92. The van der Waals surface area contributed by atoms with Gasteiger partial charge in [0.25, 0.3) is 0 Å². The van der Waals surface area contributed by atoms with Gasteiger partial charge in [-0.05, 0) is 99.6 Å². The number of hydrogen-bond acceptors (Lipinski definition) is 5. The highest BCUT2D eigenvalue weighted by Gasteiger charge is 2.36. The van der Waals surface area contributed by atoms with Crippen LogP contribution in [0.25, 0.3) is 89.4 Å². The molecular weight excluding hydrogens is 661 g/mol. The quantitative estimate of drug-likeness (QED) is 0.179. The lowest BCUT2D eigenvalue weighted by molar-refractivity contribution is 0.660. The molecule has 0 saturated heterocycles. The largest absolute Gasteiger partial charge is 0.454 e. The highest BCUT2D eigenvalue weighted by Crippen LogP contribution is 2.50. The zero-order valence-electron chi connectivity index (χ0n) is 29.7. The maximum atomic E-state index is 9.68. The molecule has 0 aliphatic heterocycles. The molecule has 254 valence electrons. The molecule has 3 aromatic heterocycles. The molecule has 0 bridgehead atoms. The zero-order valence-corrected chi connectivity index (χ0v) is 29.7. The SMILES string of the molecule is CC1(C)c2cc(C#N)ccc2-c2ccc(-c3cc(-c4cnc5c(c4)oc4ccccc45)cc(-c4cc(-c5ccccc5)nc(-c5ccccc5)n4)c3)cc21. The Hall–Kier alpha value is -7.16. The Balaban J connectivity index is 1.18. The topological polar surface area (TPSA) is 75.6 Å². The van der Waals surface area contributed by atoms with Gasteiger partial charge in [-0.15, -0.1) is 0 Å². The van der Waals surface area contributed by atoms with Gasteiger partial charge in [-0.1, -0.05) is 105 Å². The van der Waals surface area contributed by atoms with Crippen molar-refractivity contribution in [3.8, 4) is 73.4 Å². The van der Waals surface area contributed by atoms with E-state index in [2.05, 4.69) is 86.6 Å². The number of fused-ring (bicyclic) bond motifs is 6. The number of rotatable bonds is 5. The zero-order chi connectivity index (χ0) is 36.4. The summed E-state index contributed by atoms with van der Waals surface area (Å²) in [5, 5.41) is 10.7. The van der Waals surface area contributed by atoms with E-state index in [0.717, 1.165) is 72.4 Å². The van der Waals surface area contributed by atoms with Gasteiger partial charge in [-0.3, -0.25) is 4.98 Å². The van der Waals surface area contributed by atoms with Crippen molar-refractivity contribution in [2.24, 2.45) is 0 Å². The van der Waals surface area contributed by atoms with Gasteiger partial charge < -0.3 is 4.42 Å². The summed E-state index contributed by atoms with van der Waals surface area (Å²) in [5.74, 6) is 0.665. The maximum absolute atomic E-state index is 9.68. The molecule has 5 nitrogen and oxygen atoms in total. The van der Waals surface area contributed by atoms with Crippen molar-refractivity contribution < 1.29 is 4.42 Å². The van der Waals surface area contributed by atoms with E-state index in [4.69, 9.17) is 19.4 Å². The Kier molecular flexibility index (Phi) is 7.14. The van der Waals surface area contributed by atoms with E-state index in [0.29, 0.717) is 11.4 Å². The van der Waals surface area contributed by atoms with E-state index >= 15 is 0 Å². The summed E-state index contributed by atoms with van der Waals surface area (Å²) < 4.78 is 6.29. The lowest BCUT2D eigenvalue weighted by atomic mass is 9.81. The minimum absolute atomic E-state index is 0.272. The number of nitriles is 1. The molecule has 5 heteroatoms. The minimum Gasteiger partial charge on any atom is -0.454 e. The lowest BCUT2D eigenvalue weighted by Gasteiger charge is -2.22. The summed E-state index contributed by atoms with van der Waals surface area (Å²) in [4.78, 5) is 15.2. The second-order valence-electron chi connectivity index (χ2n) is 14.4. The van der Waals surface area contributed by atoms with Crippen LogP contribution in [0.3, 0.4) is 0 Å². The Labute approximate surface area is 312 Å². The minimum atomic E-state index is -0.272. The van der Waals surface area contributed by atoms with Crippen molar-refractivity contribution >= 4 is 22.1 Å². The summed E-state index contributed by atoms with van der Waals surface area (Å²) in [6.45, 7) is 4.49. The first-order valence-corrected chi connectivity index (χ1v) is 18.1. The molecule has 0 fully saturated rings. The van der Waals surface area contributed by atoms with Crippen molar-refractivity contribution in [2.75, 3.05) is 0 Å². The van der Waals surface area contributed by atoms with Crippen molar-refractivity contribution in [3.63, 3.8) is 0 Å². The number of furan rings is 1. The smallest absolute Gasteiger partial charge is 0.160 e. The van der Waals surface area contributed by atoms with Gasteiger partial charge in [0.15, 0.2) is 11.4 Å². The van der Waals surface area contributed by atoms with Crippen LogP contribution >= 0.6 is 0 Å². The predicted molar refractivity (Wildman–Crippen MR) is 217 cm³/mol. The predicted octanol–water partition coefficient (Wildman–Crippen LogP) is 12.3. The van der Waals surface area contributed by atoms with Crippen LogP contribution in [-0.2, 0) is 5.41 Å². The van der Waals surface area contributed by atoms with E-state index in [1.54, 1.807) is 0 Å². The molecule has 3 heterocycles. The third kappa shape index (κ3) is 5.19. The molecule has 10 rings (SSSR count). The van der Waals surface area contributed by atoms with Crippen LogP contribution < -0.4 is 0 Å². The molecule has 0 amide bonds. The summed E-state index contributed by atoms with van der Waals surface area (Å²) >= 11 is 0. The number of nitrogens with zero attached hydrogens (tertiary/aromatic N) is 4. The fraction of sp³-hybridized carbons (Fsp3) is 0.0612. The molecule has 1 aliphatic rings. The highest BCUT2D eigenvalue weighted by atomic mass is 16.3. The molecule has 1 aliphatic carbocycles. The Bertz CT molecular complexity index is 2920. The molecular formula is C49H32N4O. The molecule has 9 aromatic rings. The molecule has 6 aromatic carbocycles. The van der Waals surface area contributed by atoms with E-state index < -0.39 is 0 Å². The van der Waals surface area contributed by atoms with Gasteiger partial charge >= 0.3 is 0 Å². The average molecular weight is 693 g/mol. The molecule has 0 atom stereocenters. The summed E-state index contributed by atoms with van der Waals surface area (Å²) in [6, 6.07) is 54.4. The summed E-state index contributed by atoms with van der Waals surface area (Å²) in [7, 11) is 0. The molecule has 0 spiro atoms. The molecule has 0 saturated carbocycles. The normalized spacial score (nSPS) is 12.8. The first-order chi connectivity index (χ1) is 26.4. The highest BCUT2D eigenvalue weighted by molar-refractivity contribution is 6.03. The maximum Gasteiger partial charge on any atom is 0.160 e. The van der Waals surface area contributed by atoms with E-state index in [1.165, 1.54) is 22.3 Å². The standard InChI is InChI=1S/C49H32N4O/c1-49(2)41-21-30(28-50)17-19-38(41)39-20-18-33(25-42(39)49)34-22-35(37-26-46-47(51-29-37)40-15-9-10-16-45(40)54-46)24-36(23-34)44-27-43(31-11-5-3-6-12-31)52-48(53-44)32-13-7-4-8-14-32/h3-27,29H,1-2H3. The first-order valence-electron chi connectivity index (χ1n) is 18.1. The molecule has 0 radical (unpaired) electrons. The Morgan fingerprint density at radius 2 is 1.15 bits per heavy atom. The summed E-state index contributed by atoms with van der Waals surface area (Å²) in [5.41, 5.74) is 16.3. The number of pyridine rings is 1. The van der Waals surface area contributed by atoms with Crippen molar-refractivity contribution in [1.29, 1.82) is 5.26 Å². The van der Waals surface area contributed by atoms with Crippen LogP contribution in [-0.4, -0.2) is 15.0 Å². The Morgan fingerprint density at radius 3 is 1.91 bits per heavy atom. The number of aromatic nitrogens is 3. The average Bonchev–Trinajstić information content (AvgIpc) is 3.71. The molecule has 54 heavy (non-hydrogen) atoms. The van der Waals surface area contributed by atoms with E-state index in [1.807, 2.05) is 91.1 Å². The third-order valence-corrected chi connectivity index (χ3v) is 10.7.